The van der Waals surface area contributed by atoms with E-state index in [-0.39, 0.29) is 41.5 Å². The molecule has 3 fully saturated rings. The Morgan fingerprint density at radius 3 is 2.45 bits per heavy atom. The van der Waals surface area contributed by atoms with Gasteiger partial charge in [0.1, 0.15) is 11.8 Å². The van der Waals surface area contributed by atoms with Crippen molar-refractivity contribution in [1.82, 2.24) is 34.7 Å². The fraction of sp³-hybridized carbons (Fsp3) is 0.521. The molecule has 0 bridgehead atoms. The molecule has 16 nitrogen and oxygen atoms in total. The first kappa shape index (κ1) is 45.2. The standard InChI is InChI=1S/C48H58F2N10O6/c1-29(61)57-22-15-38-37(28-57)45(58-17-4-6-30-24-35(31(26-51)27-52-2)36(44(49)50)25-40(30)58)54-60(38)33-13-20-56(21-14-33)32-11-18-55(19-12-32)16-5-23-66-41-8-3-7-34-43(41)48(65)59(47(34)64)39-9-10-42(62)53-46(39)63/h3,7-8,24-27,32-33,39,44H,4-6,9-23,28,51H2,1-2H3,(H,53,62,63)/b31-26+,52-27?. The molecule has 6 aliphatic rings. The van der Waals surface area contributed by atoms with Crippen LogP contribution in [0.4, 0.5) is 20.3 Å². The summed E-state index contributed by atoms with van der Waals surface area (Å²) in [5.41, 5.74) is 10.8. The Balaban J connectivity index is 0.810. The lowest BCUT2D eigenvalue weighted by molar-refractivity contribution is -0.136. The minimum atomic E-state index is -2.72. The molecule has 0 spiro atoms. The van der Waals surface area contributed by atoms with E-state index in [0.29, 0.717) is 55.6 Å². The van der Waals surface area contributed by atoms with Crippen molar-refractivity contribution in [2.75, 3.05) is 64.4 Å². The molecule has 6 aliphatic heterocycles. The number of aliphatic imine (C=N–C) groups is 1. The number of amides is 5. The van der Waals surface area contributed by atoms with Gasteiger partial charge < -0.3 is 30.1 Å². The number of hydrogen-bond donors (Lipinski definition) is 2. The number of alkyl halides is 2. The van der Waals surface area contributed by atoms with Crippen LogP contribution in [-0.4, -0.2) is 137 Å². The maximum atomic E-state index is 14.7. The highest BCUT2D eigenvalue weighted by Crippen LogP contribution is 2.43. The summed E-state index contributed by atoms with van der Waals surface area (Å²) in [6, 6.07) is 7.96. The topological polar surface area (TPSA) is 179 Å². The first-order valence-electron chi connectivity index (χ1n) is 23.3. The number of anilines is 2. The molecule has 1 atom stereocenters. The molecule has 18 heteroatoms. The number of piperidine rings is 3. The van der Waals surface area contributed by atoms with Crippen molar-refractivity contribution in [2.24, 2.45) is 10.7 Å². The lowest BCUT2D eigenvalue weighted by Crippen LogP contribution is -2.54. The normalized spacial score (nSPS) is 21.5. The first-order chi connectivity index (χ1) is 31.9. The summed E-state index contributed by atoms with van der Waals surface area (Å²) in [6.07, 6.45) is 7.21. The summed E-state index contributed by atoms with van der Waals surface area (Å²) >= 11 is 0. The Labute approximate surface area is 382 Å². The number of nitrogens with two attached hydrogens (primary N) is 1. The molecule has 0 saturated carbocycles. The van der Waals surface area contributed by atoms with Crippen molar-refractivity contribution in [1.29, 1.82) is 0 Å². The maximum Gasteiger partial charge on any atom is 0.266 e. The van der Waals surface area contributed by atoms with Gasteiger partial charge in [-0.25, -0.2) is 8.78 Å². The average molecular weight is 909 g/mol. The summed E-state index contributed by atoms with van der Waals surface area (Å²) in [7, 11) is 1.59. The maximum absolute atomic E-state index is 14.7. The fourth-order valence-electron chi connectivity index (χ4n) is 10.9. The first-order valence-corrected chi connectivity index (χ1v) is 23.3. The second-order valence-electron chi connectivity index (χ2n) is 18.2. The van der Waals surface area contributed by atoms with Gasteiger partial charge in [0.25, 0.3) is 18.2 Å². The number of carbonyl (C=O) groups is 5. The second kappa shape index (κ2) is 19.1. The number of nitrogens with zero attached hydrogens (tertiary/aromatic N) is 8. The van der Waals surface area contributed by atoms with Gasteiger partial charge in [0, 0.05) is 106 Å². The molecule has 3 aromatic rings. The molecule has 0 radical (unpaired) electrons. The molecule has 9 rings (SSSR count). The van der Waals surface area contributed by atoms with Gasteiger partial charge in [0.2, 0.25) is 17.7 Å². The predicted octanol–water partition coefficient (Wildman–Crippen LogP) is 4.78. The number of allylic oxidation sites excluding steroid dienone is 1. The third-order valence-electron chi connectivity index (χ3n) is 14.4. The van der Waals surface area contributed by atoms with Crippen LogP contribution in [0.2, 0.25) is 0 Å². The van der Waals surface area contributed by atoms with Crippen LogP contribution in [0, 0.1) is 0 Å². The Hall–Kier alpha value is -6.01. The average Bonchev–Trinajstić information content (AvgIpc) is 3.82. The number of aromatic nitrogens is 2. The summed E-state index contributed by atoms with van der Waals surface area (Å²) in [6.45, 7) is 8.27. The monoisotopic (exact) mass is 908 g/mol. The minimum absolute atomic E-state index is 0.00231. The third-order valence-corrected chi connectivity index (χ3v) is 14.4. The number of hydrogen-bond acceptors (Lipinski definition) is 12. The molecular formula is C48H58F2N10O6. The van der Waals surface area contributed by atoms with Crippen molar-refractivity contribution in [3.63, 3.8) is 0 Å². The molecule has 66 heavy (non-hydrogen) atoms. The molecule has 2 aromatic carbocycles. The van der Waals surface area contributed by atoms with Gasteiger partial charge in [-0.15, -0.1) is 0 Å². The van der Waals surface area contributed by atoms with E-state index in [1.54, 1.807) is 38.2 Å². The van der Waals surface area contributed by atoms with Crippen LogP contribution in [-0.2, 0) is 33.8 Å². The van der Waals surface area contributed by atoms with Crippen LogP contribution >= 0.6 is 0 Å². The van der Waals surface area contributed by atoms with Gasteiger partial charge in [-0.05, 0) is 99.8 Å². The number of aryl methyl sites for hydroxylation is 1. The summed E-state index contributed by atoms with van der Waals surface area (Å²) < 4.78 is 37.7. The van der Waals surface area contributed by atoms with Crippen molar-refractivity contribution in [2.45, 2.75) is 102 Å². The number of likely N-dealkylation sites (tertiary alicyclic amines) is 2. The van der Waals surface area contributed by atoms with Gasteiger partial charge in [-0.2, -0.15) is 5.10 Å². The molecule has 3 saturated heterocycles. The Bertz CT molecular complexity index is 2470. The van der Waals surface area contributed by atoms with Crippen LogP contribution in [0.25, 0.3) is 5.57 Å². The zero-order valence-corrected chi connectivity index (χ0v) is 37.6. The Kier molecular flexibility index (Phi) is 13.0. The number of carbonyl (C=O) groups excluding carboxylic acids is 5. The zero-order valence-electron chi connectivity index (χ0n) is 37.6. The highest BCUT2D eigenvalue weighted by atomic mass is 19.3. The van der Waals surface area contributed by atoms with E-state index in [9.17, 15) is 32.8 Å². The van der Waals surface area contributed by atoms with E-state index < -0.39 is 36.1 Å². The Morgan fingerprint density at radius 2 is 1.74 bits per heavy atom. The summed E-state index contributed by atoms with van der Waals surface area (Å²) in [4.78, 5) is 77.5. The van der Waals surface area contributed by atoms with Gasteiger partial charge >= 0.3 is 0 Å². The molecule has 1 unspecified atom stereocenters. The molecule has 1 aromatic heterocycles. The van der Waals surface area contributed by atoms with E-state index in [1.807, 2.05) is 11.0 Å². The van der Waals surface area contributed by atoms with E-state index in [1.165, 1.54) is 12.4 Å². The van der Waals surface area contributed by atoms with Crippen molar-refractivity contribution in [3.05, 3.63) is 75.6 Å². The molecule has 0 aliphatic carbocycles. The van der Waals surface area contributed by atoms with Gasteiger partial charge in [0.05, 0.1) is 30.3 Å². The van der Waals surface area contributed by atoms with Crippen molar-refractivity contribution >= 4 is 52.8 Å². The van der Waals surface area contributed by atoms with E-state index >= 15 is 0 Å². The molecular weight excluding hydrogens is 851 g/mol. The highest BCUT2D eigenvalue weighted by molar-refractivity contribution is 6.24. The number of imide groups is 2. The fourth-order valence-corrected chi connectivity index (χ4v) is 10.9. The Morgan fingerprint density at radius 1 is 0.970 bits per heavy atom. The number of ether oxygens (including phenoxy) is 1. The highest BCUT2D eigenvalue weighted by Gasteiger charge is 2.46. The van der Waals surface area contributed by atoms with Crippen LogP contribution in [0.15, 0.2) is 41.5 Å². The third kappa shape index (κ3) is 8.60. The smallest absolute Gasteiger partial charge is 0.266 e. The van der Waals surface area contributed by atoms with E-state index in [2.05, 4.69) is 29.7 Å². The predicted molar refractivity (Wildman–Crippen MR) is 243 cm³/mol. The van der Waals surface area contributed by atoms with Crippen molar-refractivity contribution < 1.29 is 37.5 Å². The number of benzene rings is 2. The summed E-state index contributed by atoms with van der Waals surface area (Å²) in [5.74, 6) is -1.12. The largest absolute Gasteiger partial charge is 0.493 e. The zero-order chi connectivity index (χ0) is 46.2. The molecule has 5 amide bonds. The minimum Gasteiger partial charge on any atom is -0.493 e. The van der Waals surface area contributed by atoms with Crippen molar-refractivity contribution in [3.8, 4) is 5.75 Å². The van der Waals surface area contributed by atoms with Gasteiger partial charge in [-0.1, -0.05) is 6.07 Å². The van der Waals surface area contributed by atoms with Gasteiger partial charge in [-0.3, -0.25) is 43.9 Å². The summed E-state index contributed by atoms with van der Waals surface area (Å²) in [5, 5.41) is 7.56. The SMILES string of the molecule is CN=C/C(=C\N)c1cc2c(cc1C(F)F)N(c1nn(C3CCN(C4CCN(CCCOc5cccc6c5C(=O)N(C5CCC(=O)NC5=O)C6=O)CC4)CC3)c3c1CN(C(C)=O)CC3)CCC2. The number of rotatable bonds is 12. The van der Waals surface area contributed by atoms with Crippen LogP contribution in [0.5, 0.6) is 5.75 Å². The van der Waals surface area contributed by atoms with Gasteiger partial charge in [0.15, 0.2) is 5.82 Å². The molecule has 3 N–H and O–H groups in total. The lowest BCUT2D eigenvalue weighted by Gasteiger charge is -2.42. The lowest BCUT2D eigenvalue weighted by atomic mass is 9.92. The van der Waals surface area contributed by atoms with Crippen LogP contribution < -0.4 is 20.7 Å². The number of nitrogens with one attached hydrogen (secondary N) is 1. The van der Waals surface area contributed by atoms with Crippen LogP contribution in [0.1, 0.15) is 119 Å². The number of halogens is 2. The second-order valence-corrected chi connectivity index (χ2v) is 18.2. The molecule has 7 heterocycles. The number of fused-ring (bicyclic) bond motifs is 3. The van der Waals surface area contributed by atoms with Crippen LogP contribution in [0.3, 0.4) is 0 Å². The van der Waals surface area contributed by atoms with E-state index in [0.717, 1.165) is 111 Å². The molecule has 350 valence electrons. The van der Waals surface area contributed by atoms with E-state index in [4.69, 9.17) is 15.6 Å². The quantitative estimate of drug-likeness (QED) is 0.145.